The van der Waals surface area contributed by atoms with Crippen molar-refractivity contribution in [2.24, 2.45) is 5.92 Å². The second kappa shape index (κ2) is 4.92. The molecule has 0 aliphatic heterocycles. The van der Waals surface area contributed by atoms with E-state index < -0.39 is 15.2 Å². The van der Waals surface area contributed by atoms with Crippen LogP contribution in [0.2, 0.25) is 0 Å². The van der Waals surface area contributed by atoms with Crippen LogP contribution in [0.5, 0.6) is 0 Å². The first-order valence-corrected chi connectivity index (χ1v) is 5.34. The summed E-state index contributed by atoms with van der Waals surface area (Å²) in [5.41, 5.74) is 0. The zero-order chi connectivity index (χ0) is 8.91. The Bertz CT molecular complexity index is 190. The number of rotatable bonds is 5. The Morgan fingerprint density at radius 1 is 1.55 bits per heavy atom. The summed E-state index contributed by atoms with van der Waals surface area (Å²) in [6, 6.07) is 0. The number of alkyl halides is 1. The van der Waals surface area contributed by atoms with E-state index in [0.29, 0.717) is 6.61 Å². The highest BCUT2D eigenvalue weighted by atomic mass is 35.5. The first-order chi connectivity index (χ1) is 4.98. The zero-order valence-corrected chi connectivity index (χ0v) is 8.07. The molecule has 0 rings (SSSR count). The highest BCUT2D eigenvalue weighted by Crippen LogP contribution is 1.92. The number of sulfonamides is 1. The van der Waals surface area contributed by atoms with Crippen LogP contribution in [0.1, 0.15) is 13.8 Å². The molecule has 6 heteroatoms. The minimum absolute atomic E-state index is 0.285. The lowest BCUT2D eigenvalue weighted by atomic mass is 10.2. The second-order valence-corrected chi connectivity index (χ2v) is 4.78. The molecule has 0 aromatic rings. The lowest BCUT2D eigenvalue weighted by molar-refractivity contribution is 0.0722. The molecule has 0 atom stereocenters. The van der Waals surface area contributed by atoms with E-state index in [2.05, 4.69) is 4.84 Å². The normalized spacial score (nSPS) is 12.4. The summed E-state index contributed by atoms with van der Waals surface area (Å²) >= 11 is 5.08. The van der Waals surface area contributed by atoms with Crippen LogP contribution >= 0.6 is 11.6 Å². The summed E-state index contributed by atoms with van der Waals surface area (Å²) < 4.78 is 21.2. The molecule has 0 aromatic carbocycles. The average molecular weight is 202 g/mol. The van der Waals surface area contributed by atoms with E-state index >= 15 is 0 Å². The van der Waals surface area contributed by atoms with Crippen molar-refractivity contribution in [3.63, 3.8) is 0 Å². The summed E-state index contributed by atoms with van der Waals surface area (Å²) in [6.45, 7) is 4.17. The fourth-order valence-corrected chi connectivity index (χ4v) is 0.739. The van der Waals surface area contributed by atoms with Gasteiger partial charge in [-0.25, -0.2) is 8.42 Å². The van der Waals surface area contributed by atoms with Crippen LogP contribution in [-0.4, -0.2) is 20.2 Å². The summed E-state index contributed by atoms with van der Waals surface area (Å²) in [6.07, 6.45) is 0. The third-order valence-electron chi connectivity index (χ3n) is 0.746. The Labute approximate surface area is 71.9 Å². The van der Waals surface area contributed by atoms with E-state index in [1.807, 2.05) is 18.7 Å². The van der Waals surface area contributed by atoms with Crippen molar-refractivity contribution < 1.29 is 13.3 Å². The summed E-state index contributed by atoms with van der Waals surface area (Å²) in [4.78, 5) is 6.51. The molecule has 0 bridgehead atoms. The van der Waals surface area contributed by atoms with E-state index in [-0.39, 0.29) is 5.92 Å². The molecule has 0 aliphatic rings. The van der Waals surface area contributed by atoms with Gasteiger partial charge in [-0.15, -0.1) is 11.6 Å². The van der Waals surface area contributed by atoms with Gasteiger partial charge in [-0.2, -0.15) is 0 Å². The van der Waals surface area contributed by atoms with Crippen LogP contribution in [0.25, 0.3) is 0 Å². The highest BCUT2D eigenvalue weighted by molar-refractivity contribution is 7.90. The van der Waals surface area contributed by atoms with E-state index in [1.54, 1.807) is 0 Å². The molecule has 0 aromatic heterocycles. The van der Waals surface area contributed by atoms with Crippen molar-refractivity contribution in [2.45, 2.75) is 13.8 Å². The van der Waals surface area contributed by atoms with Crippen LogP contribution < -0.4 is 4.89 Å². The van der Waals surface area contributed by atoms with Gasteiger partial charge in [-0.1, -0.05) is 18.7 Å². The molecule has 68 valence electrons. The van der Waals surface area contributed by atoms with Crippen molar-refractivity contribution in [3.05, 3.63) is 0 Å². The van der Waals surface area contributed by atoms with Gasteiger partial charge in [0.1, 0.15) is 5.21 Å². The fourth-order valence-electron chi connectivity index (χ4n) is 0.313. The number of halogens is 1. The lowest BCUT2D eigenvalue weighted by Gasteiger charge is -2.05. The van der Waals surface area contributed by atoms with Crippen molar-refractivity contribution in [1.29, 1.82) is 0 Å². The first-order valence-electron chi connectivity index (χ1n) is 3.15. The standard InChI is InChI=1S/C5H12ClNO3S/c1-5(2)3-10-7-11(8,9)4-6/h5,7H,3-4H2,1-2H3. The molecule has 1 N–H and O–H groups in total. The molecule has 0 amide bonds. The van der Waals surface area contributed by atoms with Crippen molar-refractivity contribution in [2.75, 3.05) is 11.8 Å². The van der Waals surface area contributed by atoms with Gasteiger partial charge < -0.3 is 0 Å². The molecule has 0 heterocycles. The molecule has 11 heavy (non-hydrogen) atoms. The Kier molecular flexibility index (Phi) is 4.99. The topological polar surface area (TPSA) is 55.4 Å². The Morgan fingerprint density at radius 3 is 2.45 bits per heavy atom. The van der Waals surface area contributed by atoms with Gasteiger partial charge >= 0.3 is 0 Å². The maximum absolute atomic E-state index is 10.6. The van der Waals surface area contributed by atoms with Crippen molar-refractivity contribution in [1.82, 2.24) is 4.89 Å². The molecule has 0 fully saturated rings. The van der Waals surface area contributed by atoms with Crippen molar-refractivity contribution >= 4 is 21.6 Å². The van der Waals surface area contributed by atoms with Gasteiger partial charge in [-0.05, 0) is 5.92 Å². The molecular formula is C5H12ClNO3S. The van der Waals surface area contributed by atoms with Crippen LogP contribution in [-0.2, 0) is 14.9 Å². The predicted octanol–water partition coefficient (Wildman–Crippen LogP) is 0.690. The van der Waals surface area contributed by atoms with E-state index in [9.17, 15) is 8.42 Å². The van der Waals surface area contributed by atoms with Crippen LogP contribution in [0, 0.1) is 5.92 Å². The maximum atomic E-state index is 10.6. The lowest BCUT2D eigenvalue weighted by Crippen LogP contribution is -2.26. The van der Waals surface area contributed by atoms with E-state index in [1.165, 1.54) is 0 Å². The molecule has 0 radical (unpaired) electrons. The third-order valence-corrected chi connectivity index (χ3v) is 2.27. The Morgan fingerprint density at radius 2 is 2.09 bits per heavy atom. The fraction of sp³-hybridized carbons (Fsp3) is 1.00. The van der Waals surface area contributed by atoms with E-state index in [0.717, 1.165) is 0 Å². The SMILES string of the molecule is CC(C)CONS(=O)(=O)CCl. The molecule has 0 aliphatic carbocycles. The summed E-state index contributed by atoms with van der Waals surface area (Å²) in [7, 11) is -3.42. The molecular weight excluding hydrogens is 190 g/mol. The largest absolute Gasteiger partial charge is 0.287 e. The van der Waals surface area contributed by atoms with Crippen LogP contribution in [0.15, 0.2) is 0 Å². The molecule has 0 spiro atoms. The zero-order valence-electron chi connectivity index (χ0n) is 6.50. The minimum atomic E-state index is -3.42. The number of hydrogen-bond donors (Lipinski definition) is 1. The van der Waals surface area contributed by atoms with Gasteiger partial charge in [-0.3, -0.25) is 4.84 Å². The van der Waals surface area contributed by atoms with Gasteiger partial charge in [0.25, 0.3) is 0 Å². The molecule has 4 nitrogen and oxygen atoms in total. The summed E-state index contributed by atoms with van der Waals surface area (Å²) in [5, 5.41) is -0.481. The molecule has 0 unspecified atom stereocenters. The number of hydrogen-bond acceptors (Lipinski definition) is 3. The average Bonchev–Trinajstić information content (AvgIpc) is 1.87. The maximum Gasteiger partial charge on any atom is 0.247 e. The third kappa shape index (κ3) is 6.55. The molecule has 0 saturated heterocycles. The predicted molar refractivity (Wildman–Crippen MR) is 43.6 cm³/mol. The first kappa shape index (κ1) is 11.2. The Hall–Kier alpha value is 0.160. The van der Waals surface area contributed by atoms with Gasteiger partial charge in [0.15, 0.2) is 0 Å². The minimum Gasteiger partial charge on any atom is -0.287 e. The van der Waals surface area contributed by atoms with Gasteiger partial charge in [0.2, 0.25) is 10.0 Å². The molecule has 0 saturated carbocycles. The van der Waals surface area contributed by atoms with Gasteiger partial charge in [0.05, 0.1) is 6.61 Å². The second-order valence-electron chi connectivity index (χ2n) is 2.51. The Balaban J connectivity index is 3.55. The van der Waals surface area contributed by atoms with Crippen molar-refractivity contribution in [3.8, 4) is 0 Å². The smallest absolute Gasteiger partial charge is 0.247 e. The van der Waals surface area contributed by atoms with Crippen LogP contribution in [0.3, 0.4) is 0 Å². The van der Waals surface area contributed by atoms with Crippen LogP contribution in [0.4, 0.5) is 0 Å². The highest BCUT2D eigenvalue weighted by Gasteiger charge is 2.06. The number of nitrogens with one attached hydrogen (secondary N) is 1. The van der Waals surface area contributed by atoms with Gasteiger partial charge in [0, 0.05) is 0 Å². The summed E-state index contributed by atoms with van der Waals surface area (Å²) in [5.74, 6) is 0.285. The van der Waals surface area contributed by atoms with E-state index in [4.69, 9.17) is 11.6 Å². The monoisotopic (exact) mass is 201 g/mol. The quantitative estimate of drug-likeness (QED) is 0.526.